The number of aliphatic carboxylic acids is 1. The molecule has 1 aromatic rings. The van der Waals surface area contributed by atoms with Crippen LogP contribution in [0.4, 0.5) is 0 Å². The Labute approximate surface area is 257 Å². The Morgan fingerprint density at radius 2 is 1.91 bits per heavy atom. The fraction of sp³-hybridized carbons (Fsp3) is 0.440. The van der Waals surface area contributed by atoms with E-state index in [1.54, 1.807) is 18.2 Å². The van der Waals surface area contributed by atoms with Crippen molar-refractivity contribution in [2.45, 2.75) is 44.4 Å². The van der Waals surface area contributed by atoms with E-state index in [0.717, 1.165) is 17.3 Å². The SMILES string of the molecule is N#CSCNC(=S)NCc1ccc2cc1CNNC(CC(=O)O)C(=O)NCC(=O)C(=O)C(CCCN=C(N)N)NCC2=O. The maximum absolute atomic E-state index is 13.1. The molecule has 0 aromatic heterocycles. The molecule has 2 unspecified atom stereocenters. The smallest absolute Gasteiger partial charge is 0.305 e. The first-order valence-corrected chi connectivity index (χ1v) is 14.4. The van der Waals surface area contributed by atoms with Crippen molar-refractivity contribution < 1.29 is 29.1 Å². The highest BCUT2D eigenvalue weighted by atomic mass is 32.2. The highest BCUT2D eigenvalue weighted by Crippen LogP contribution is 2.14. The number of ketones is 3. The second kappa shape index (κ2) is 18.4. The summed E-state index contributed by atoms with van der Waals surface area (Å²) >= 11 is 6.20. The second-order valence-electron chi connectivity index (χ2n) is 9.18. The van der Waals surface area contributed by atoms with Crippen molar-refractivity contribution in [3.05, 3.63) is 34.9 Å². The molecule has 1 aliphatic rings. The zero-order valence-electron chi connectivity index (χ0n) is 23.1. The molecular formula is C25H34N10O6S2. The van der Waals surface area contributed by atoms with Gasteiger partial charge >= 0.3 is 5.97 Å². The minimum absolute atomic E-state index is 0.0737. The largest absolute Gasteiger partial charge is 0.481 e. The van der Waals surface area contributed by atoms with Gasteiger partial charge in [-0.15, -0.1) is 0 Å². The number of nitrogens with zero attached hydrogens (tertiary/aromatic N) is 2. The molecule has 0 spiro atoms. The van der Waals surface area contributed by atoms with Crippen LogP contribution in [0.3, 0.4) is 0 Å². The van der Waals surface area contributed by atoms with Gasteiger partial charge in [-0.2, -0.15) is 5.26 Å². The van der Waals surface area contributed by atoms with Crippen LogP contribution in [0.25, 0.3) is 0 Å². The number of nitrogens with one attached hydrogen (secondary N) is 6. The average molecular weight is 635 g/mol. The van der Waals surface area contributed by atoms with Gasteiger partial charge in [-0.25, -0.2) is 5.43 Å². The number of aliphatic imine (C=N–C) groups is 1. The van der Waals surface area contributed by atoms with E-state index in [9.17, 15) is 29.1 Å². The molecule has 0 saturated heterocycles. The zero-order chi connectivity index (χ0) is 31.8. The Bertz CT molecular complexity index is 1280. The number of thiocarbonyl (C=S) groups is 1. The van der Waals surface area contributed by atoms with Crippen molar-refractivity contribution in [2.24, 2.45) is 16.5 Å². The van der Waals surface area contributed by atoms with E-state index < -0.39 is 48.5 Å². The fourth-order valence-electron chi connectivity index (χ4n) is 3.88. The number of carbonyl (C=O) groups is 5. The molecular weight excluding hydrogens is 600 g/mol. The summed E-state index contributed by atoms with van der Waals surface area (Å²) in [6.45, 7) is -0.404. The first kappa shape index (κ1) is 35.0. The minimum atomic E-state index is -1.29. The van der Waals surface area contributed by atoms with Gasteiger partial charge in [0.1, 0.15) is 11.4 Å². The molecule has 16 nitrogen and oxygen atoms in total. The average Bonchev–Trinajstić information content (AvgIpc) is 2.96. The van der Waals surface area contributed by atoms with Crippen LogP contribution in [0.2, 0.25) is 0 Å². The summed E-state index contributed by atoms with van der Waals surface area (Å²) in [5.74, 6) is -4.05. The molecule has 1 aliphatic heterocycles. The number of Topliss-reactive ketones (excluding diaryl/α,β-unsaturated/α-hetero) is 3. The van der Waals surface area contributed by atoms with Gasteiger partial charge in [0.2, 0.25) is 17.5 Å². The molecule has 0 aliphatic carbocycles. The number of hydrogen-bond acceptors (Lipinski definition) is 12. The van der Waals surface area contributed by atoms with E-state index in [4.69, 9.17) is 28.9 Å². The van der Waals surface area contributed by atoms with E-state index in [-0.39, 0.29) is 50.2 Å². The number of guanidine groups is 1. The number of thiocyanates is 1. The summed E-state index contributed by atoms with van der Waals surface area (Å²) in [4.78, 5) is 66.7. The van der Waals surface area contributed by atoms with Gasteiger partial charge in [0.25, 0.3) is 0 Å². The van der Waals surface area contributed by atoms with Crippen LogP contribution in [-0.4, -0.2) is 83.0 Å². The van der Waals surface area contributed by atoms with Gasteiger partial charge in [-0.1, -0.05) is 12.1 Å². The summed E-state index contributed by atoms with van der Waals surface area (Å²) in [5.41, 5.74) is 17.8. The molecule has 1 aromatic carbocycles. The first-order valence-electron chi connectivity index (χ1n) is 13.0. The van der Waals surface area contributed by atoms with Gasteiger partial charge < -0.3 is 32.5 Å². The van der Waals surface area contributed by atoms with Crippen LogP contribution in [0.15, 0.2) is 23.2 Å². The Balaban J connectivity index is 2.33. The number of fused-ring (bicyclic) bond motifs is 2. The van der Waals surface area contributed by atoms with Crippen molar-refractivity contribution in [1.82, 2.24) is 32.1 Å². The highest BCUT2D eigenvalue weighted by molar-refractivity contribution is 8.03. The van der Waals surface area contributed by atoms with Gasteiger partial charge in [-0.3, -0.25) is 39.7 Å². The minimum Gasteiger partial charge on any atom is -0.481 e. The predicted molar refractivity (Wildman–Crippen MR) is 162 cm³/mol. The fourth-order valence-corrected chi connectivity index (χ4v) is 4.40. The number of carbonyl (C=O) groups excluding carboxylic acids is 4. The molecule has 2 rings (SSSR count). The molecule has 0 saturated carbocycles. The number of nitriles is 1. The molecule has 232 valence electrons. The van der Waals surface area contributed by atoms with Crippen LogP contribution in [-0.2, 0) is 32.3 Å². The molecule has 2 bridgehead atoms. The Hall–Kier alpha value is -4.15. The number of rotatable bonds is 10. The zero-order valence-corrected chi connectivity index (χ0v) is 24.7. The van der Waals surface area contributed by atoms with Crippen molar-refractivity contribution in [3.8, 4) is 5.40 Å². The maximum Gasteiger partial charge on any atom is 0.305 e. The topological polar surface area (TPSA) is 266 Å². The molecule has 2 atom stereocenters. The summed E-state index contributed by atoms with van der Waals surface area (Å²) < 4.78 is 0. The third-order valence-electron chi connectivity index (χ3n) is 6.06. The van der Waals surface area contributed by atoms with Crippen LogP contribution in [0.5, 0.6) is 0 Å². The quantitative estimate of drug-likeness (QED) is 0.0250. The lowest BCUT2D eigenvalue weighted by Gasteiger charge is -2.21. The van der Waals surface area contributed by atoms with Gasteiger partial charge in [0.15, 0.2) is 16.9 Å². The van der Waals surface area contributed by atoms with Crippen LogP contribution in [0, 0.1) is 10.7 Å². The number of hydrazine groups is 1. The maximum atomic E-state index is 13.1. The lowest BCUT2D eigenvalue weighted by Crippen LogP contribution is -2.53. The van der Waals surface area contributed by atoms with E-state index in [2.05, 4.69) is 37.1 Å². The summed E-state index contributed by atoms with van der Waals surface area (Å²) in [6, 6.07) is 2.58. The van der Waals surface area contributed by atoms with Gasteiger partial charge in [0, 0.05) is 25.2 Å². The van der Waals surface area contributed by atoms with Crippen molar-refractivity contribution >= 4 is 64.3 Å². The number of thioether (sulfide) groups is 1. The lowest BCUT2D eigenvalue weighted by atomic mass is 10.00. The third kappa shape index (κ3) is 12.7. The van der Waals surface area contributed by atoms with Gasteiger partial charge in [-0.05, 0) is 54.0 Å². The summed E-state index contributed by atoms with van der Waals surface area (Å²) in [6.07, 6.45) is -0.168. The lowest BCUT2D eigenvalue weighted by molar-refractivity contribution is -0.140. The van der Waals surface area contributed by atoms with E-state index >= 15 is 0 Å². The number of amides is 1. The standard InChI is InChI=1S/C25H34N10O6S2/c26-12-43-13-33-25(42)32-8-15-4-3-14-6-16(15)9-34-35-18(7-21(38)39)23(41)31-11-20(37)22(40)17(30-10-19(14)36)2-1-5-29-24(27)28/h3-4,6,17-18,30,34-35H,1-2,5,7-11,13H2,(H,31,41)(H,38,39)(H4,27,28,29)(H2,32,33,42). The van der Waals surface area contributed by atoms with Crippen molar-refractivity contribution in [2.75, 3.05) is 25.5 Å². The van der Waals surface area contributed by atoms with Gasteiger partial charge in [0.05, 0.1) is 31.4 Å². The third-order valence-corrected chi connectivity index (χ3v) is 6.76. The van der Waals surface area contributed by atoms with Crippen molar-refractivity contribution in [3.63, 3.8) is 0 Å². The number of nitrogens with two attached hydrogens (primary N) is 2. The number of hydrogen-bond donors (Lipinski definition) is 9. The van der Waals surface area contributed by atoms with Crippen LogP contribution < -0.4 is 43.6 Å². The Morgan fingerprint density at radius 1 is 1.14 bits per heavy atom. The molecule has 43 heavy (non-hydrogen) atoms. The van der Waals surface area contributed by atoms with E-state index in [1.807, 2.05) is 5.40 Å². The molecule has 0 radical (unpaired) electrons. The van der Waals surface area contributed by atoms with Crippen LogP contribution in [0.1, 0.15) is 40.7 Å². The molecule has 11 N–H and O–H groups in total. The van der Waals surface area contributed by atoms with E-state index in [0.29, 0.717) is 22.7 Å². The highest BCUT2D eigenvalue weighted by Gasteiger charge is 2.28. The summed E-state index contributed by atoms with van der Waals surface area (Å²) in [7, 11) is 0. The van der Waals surface area contributed by atoms with E-state index in [1.165, 1.54) is 0 Å². The number of carboxylic acids is 1. The molecule has 1 heterocycles. The molecule has 18 heteroatoms. The number of benzene rings is 1. The normalized spacial score (nSPS) is 18.2. The predicted octanol–water partition coefficient (Wildman–Crippen LogP) is -2.28. The van der Waals surface area contributed by atoms with Crippen molar-refractivity contribution in [1.29, 1.82) is 5.26 Å². The molecule has 1 amide bonds. The van der Waals surface area contributed by atoms with Crippen LogP contribution >= 0.6 is 24.0 Å². The first-order chi connectivity index (χ1) is 20.5. The Kier molecular flexibility index (Phi) is 15.0. The Morgan fingerprint density at radius 3 is 2.60 bits per heavy atom. The summed E-state index contributed by atoms with van der Waals surface area (Å²) in [5, 5.41) is 31.2. The monoisotopic (exact) mass is 634 g/mol. The molecule has 0 fully saturated rings. The number of carboxylic acid groups (broad SMARTS) is 1. The second-order valence-corrected chi connectivity index (χ2v) is 10.4.